The molecule has 0 saturated heterocycles. The van der Waals surface area contributed by atoms with Crippen molar-refractivity contribution < 1.29 is 14.6 Å². The van der Waals surface area contributed by atoms with Crippen molar-refractivity contribution in [2.75, 3.05) is 5.32 Å². The molecule has 0 bridgehead atoms. The fraction of sp³-hybridized carbons (Fsp3) is 0.136. The number of hydrogen-bond acceptors (Lipinski definition) is 3. The number of rotatable bonds is 7. The number of anilines is 1. The van der Waals surface area contributed by atoms with Crippen LogP contribution >= 0.6 is 0 Å². The van der Waals surface area contributed by atoms with Crippen LogP contribution in [0.3, 0.4) is 0 Å². The highest BCUT2D eigenvalue weighted by Gasteiger charge is 2.03. The lowest BCUT2D eigenvalue weighted by molar-refractivity contribution is 0.0697. The minimum Gasteiger partial charge on any atom is -0.489 e. The van der Waals surface area contributed by atoms with Crippen LogP contribution in [0, 0.1) is 6.92 Å². The highest BCUT2D eigenvalue weighted by Crippen LogP contribution is 2.17. The minimum absolute atomic E-state index is 0.273. The summed E-state index contributed by atoms with van der Waals surface area (Å²) in [5.74, 6) is -0.106. The fourth-order valence-corrected chi connectivity index (χ4v) is 2.52. The Kier molecular flexibility index (Phi) is 5.54. The molecule has 0 atom stereocenters. The van der Waals surface area contributed by atoms with E-state index in [1.165, 1.54) is 5.56 Å². The van der Waals surface area contributed by atoms with Gasteiger partial charge in [-0.25, -0.2) is 4.79 Å². The number of carbonyl (C=O) groups is 1. The number of ether oxygens (including phenoxy) is 1. The Hall–Kier alpha value is -3.27. The number of nitrogens with one attached hydrogen (secondary N) is 1. The third-order valence-corrected chi connectivity index (χ3v) is 4.06. The van der Waals surface area contributed by atoms with Gasteiger partial charge in [0.1, 0.15) is 12.4 Å². The molecule has 0 spiro atoms. The van der Waals surface area contributed by atoms with E-state index in [1.807, 2.05) is 30.3 Å². The minimum atomic E-state index is -0.927. The second kappa shape index (κ2) is 8.21. The average Bonchev–Trinajstić information content (AvgIpc) is 2.67. The Morgan fingerprint density at radius 2 is 1.65 bits per heavy atom. The van der Waals surface area contributed by atoms with Gasteiger partial charge in [0, 0.05) is 12.2 Å². The van der Waals surface area contributed by atoms with Crippen molar-refractivity contribution in [3.8, 4) is 5.75 Å². The third-order valence-electron chi connectivity index (χ3n) is 4.06. The summed E-state index contributed by atoms with van der Waals surface area (Å²) in [7, 11) is 0. The van der Waals surface area contributed by atoms with E-state index < -0.39 is 5.97 Å². The first-order chi connectivity index (χ1) is 12.6. The highest BCUT2D eigenvalue weighted by atomic mass is 16.5. The third kappa shape index (κ3) is 4.86. The van der Waals surface area contributed by atoms with Crippen molar-refractivity contribution in [2.45, 2.75) is 20.1 Å². The molecule has 4 heteroatoms. The van der Waals surface area contributed by atoms with E-state index in [1.54, 1.807) is 18.2 Å². The van der Waals surface area contributed by atoms with Gasteiger partial charge in [-0.3, -0.25) is 0 Å². The molecule has 0 aliphatic carbocycles. The summed E-state index contributed by atoms with van der Waals surface area (Å²) in [6.45, 7) is 3.22. The summed E-state index contributed by atoms with van der Waals surface area (Å²) in [5.41, 5.74) is 4.52. The van der Waals surface area contributed by atoms with Crippen LogP contribution in [0.5, 0.6) is 5.75 Å². The maximum absolute atomic E-state index is 11.0. The number of carboxylic acid groups (broad SMARTS) is 1. The molecule has 0 aliphatic rings. The smallest absolute Gasteiger partial charge is 0.335 e. The number of hydrogen-bond donors (Lipinski definition) is 2. The van der Waals surface area contributed by atoms with E-state index in [4.69, 9.17) is 9.84 Å². The summed E-state index contributed by atoms with van der Waals surface area (Å²) >= 11 is 0. The van der Waals surface area contributed by atoms with Crippen LogP contribution in [-0.2, 0) is 13.2 Å². The highest BCUT2D eigenvalue weighted by molar-refractivity contribution is 5.88. The molecule has 0 heterocycles. The number of carboxylic acids is 1. The standard InChI is InChI=1S/C22H21NO3/c1-16-5-7-18(8-6-16)15-26-21-11-9-17(10-12-21)14-23-20-4-2-3-19(13-20)22(24)25/h2-13,23H,14-15H2,1H3,(H,24,25). The van der Waals surface area contributed by atoms with Crippen molar-refractivity contribution in [3.63, 3.8) is 0 Å². The molecule has 0 aromatic heterocycles. The van der Waals surface area contributed by atoms with Gasteiger partial charge in [-0.1, -0.05) is 48.0 Å². The van der Waals surface area contributed by atoms with Gasteiger partial charge < -0.3 is 15.2 Å². The predicted molar refractivity (Wildman–Crippen MR) is 103 cm³/mol. The average molecular weight is 347 g/mol. The normalized spacial score (nSPS) is 10.3. The zero-order chi connectivity index (χ0) is 18.4. The Morgan fingerprint density at radius 1 is 0.962 bits per heavy atom. The Morgan fingerprint density at radius 3 is 2.35 bits per heavy atom. The van der Waals surface area contributed by atoms with Crippen LogP contribution in [0.2, 0.25) is 0 Å². The van der Waals surface area contributed by atoms with E-state index in [0.29, 0.717) is 13.2 Å². The summed E-state index contributed by atoms with van der Waals surface area (Å²) in [6.07, 6.45) is 0. The monoisotopic (exact) mass is 347 g/mol. The van der Waals surface area contributed by atoms with Gasteiger partial charge in [-0.2, -0.15) is 0 Å². The topological polar surface area (TPSA) is 58.6 Å². The Bertz CT molecular complexity index is 871. The van der Waals surface area contributed by atoms with Crippen molar-refractivity contribution in [2.24, 2.45) is 0 Å². The van der Waals surface area contributed by atoms with Gasteiger partial charge in [0.25, 0.3) is 0 Å². The van der Waals surface area contributed by atoms with Crippen LogP contribution in [0.4, 0.5) is 5.69 Å². The van der Waals surface area contributed by atoms with Crippen molar-refractivity contribution >= 4 is 11.7 Å². The number of aryl methyl sites for hydroxylation is 1. The Labute approximate surface area is 153 Å². The number of aromatic carboxylic acids is 1. The molecule has 132 valence electrons. The molecule has 26 heavy (non-hydrogen) atoms. The van der Waals surface area contributed by atoms with E-state index in [0.717, 1.165) is 22.6 Å². The molecule has 0 saturated carbocycles. The molecule has 0 unspecified atom stereocenters. The molecule has 0 amide bonds. The van der Waals surface area contributed by atoms with Gasteiger partial charge in [0.15, 0.2) is 0 Å². The van der Waals surface area contributed by atoms with Crippen LogP contribution in [0.25, 0.3) is 0 Å². The van der Waals surface area contributed by atoms with Crippen LogP contribution in [-0.4, -0.2) is 11.1 Å². The molecular formula is C22H21NO3. The van der Waals surface area contributed by atoms with Gasteiger partial charge >= 0.3 is 5.97 Å². The maximum Gasteiger partial charge on any atom is 0.335 e. The van der Waals surface area contributed by atoms with Gasteiger partial charge in [-0.05, 0) is 48.4 Å². The zero-order valence-electron chi connectivity index (χ0n) is 14.6. The first kappa shape index (κ1) is 17.5. The molecule has 4 nitrogen and oxygen atoms in total. The fourth-order valence-electron chi connectivity index (χ4n) is 2.52. The summed E-state index contributed by atoms with van der Waals surface area (Å²) in [4.78, 5) is 11.0. The molecule has 0 aliphatic heterocycles. The lowest BCUT2D eigenvalue weighted by atomic mass is 10.1. The van der Waals surface area contributed by atoms with Crippen molar-refractivity contribution in [1.29, 1.82) is 0 Å². The van der Waals surface area contributed by atoms with E-state index in [-0.39, 0.29) is 5.56 Å². The van der Waals surface area contributed by atoms with E-state index in [2.05, 4.69) is 36.5 Å². The van der Waals surface area contributed by atoms with Crippen LogP contribution < -0.4 is 10.1 Å². The maximum atomic E-state index is 11.0. The van der Waals surface area contributed by atoms with Crippen LogP contribution in [0.15, 0.2) is 72.8 Å². The zero-order valence-corrected chi connectivity index (χ0v) is 14.6. The number of benzene rings is 3. The molecule has 2 N–H and O–H groups in total. The van der Waals surface area contributed by atoms with Crippen LogP contribution in [0.1, 0.15) is 27.0 Å². The van der Waals surface area contributed by atoms with Crippen molar-refractivity contribution in [3.05, 3.63) is 95.1 Å². The van der Waals surface area contributed by atoms with Gasteiger partial charge in [0.2, 0.25) is 0 Å². The van der Waals surface area contributed by atoms with Crippen molar-refractivity contribution in [1.82, 2.24) is 0 Å². The van der Waals surface area contributed by atoms with Gasteiger partial charge in [0.05, 0.1) is 5.56 Å². The quantitative estimate of drug-likeness (QED) is 0.639. The van der Waals surface area contributed by atoms with E-state index >= 15 is 0 Å². The summed E-state index contributed by atoms with van der Waals surface area (Å²) in [5, 5.41) is 12.3. The molecule has 3 aromatic carbocycles. The molecule has 3 rings (SSSR count). The van der Waals surface area contributed by atoms with Gasteiger partial charge in [-0.15, -0.1) is 0 Å². The molecular weight excluding hydrogens is 326 g/mol. The summed E-state index contributed by atoms with van der Waals surface area (Å²) < 4.78 is 5.81. The summed E-state index contributed by atoms with van der Waals surface area (Å²) in [6, 6.07) is 23.0. The second-order valence-corrected chi connectivity index (χ2v) is 6.16. The molecule has 0 fully saturated rings. The molecule has 0 radical (unpaired) electrons. The predicted octanol–water partition coefficient (Wildman–Crippen LogP) is 4.88. The largest absolute Gasteiger partial charge is 0.489 e. The van der Waals surface area contributed by atoms with E-state index in [9.17, 15) is 4.79 Å². The SMILES string of the molecule is Cc1ccc(COc2ccc(CNc3cccc(C(=O)O)c3)cc2)cc1. The molecule has 3 aromatic rings. The lowest BCUT2D eigenvalue weighted by Gasteiger charge is -2.09. The first-order valence-corrected chi connectivity index (χ1v) is 8.45. The second-order valence-electron chi connectivity index (χ2n) is 6.16. The lowest BCUT2D eigenvalue weighted by Crippen LogP contribution is -2.02. The Balaban J connectivity index is 1.53. The first-order valence-electron chi connectivity index (χ1n) is 8.45.